The van der Waals surface area contributed by atoms with Crippen LogP contribution < -0.4 is 0 Å². The number of carbonyl (C=O) groups excluding carboxylic acids is 1. The maximum atomic E-state index is 12.7. The fourth-order valence-electron chi connectivity index (χ4n) is 4.15. The van der Waals surface area contributed by atoms with Crippen LogP contribution in [0.4, 0.5) is 0 Å². The number of piperidine rings is 1. The molecule has 1 amide bonds. The van der Waals surface area contributed by atoms with Gasteiger partial charge in [0.2, 0.25) is 0 Å². The number of ether oxygens (including phenoxy) is 1. The Balaban J connectivity index is 1.33. The van der Waals surface area contributed by atoms with E-state index in [1.165, 1.54) is 25.7 Å². The molecule has 1 aromatic heterocycles. The first-order valence-electron chi connectivity index (χ1n) is 9.20. The summed E-state index contributed by atoms with van der Waals surface area (Å²) in [6.45, 7) is 6.76. The molecule has 1 aromatic rings. The summed E-state index contributed by atoms with van der Waals surface area (Å²) in [5, 5.41) is 2.01. The number of hydrogen-bond acceptors (Lipinski definition) is 4. The number of likely N-dealkylation sites (N-methyl/N-ethyl adjacent to an activating group) is 1. The average molecular weight is 349 g/mol. The van der Waals surface area contributed by atoms with E-state index in [4.69, 9.17) is 4.74 Å². The van der Waals surface area contributed by atoms with Crippen LogP contribution >= 0.6 is 11.3 Å². The predicted molar refractivity (Wildman–Crippen MR) is 96.6 cm³/mol. The molecule has 4 nitrogen and oxygen atoms in total. The number of likely N-dealkylation sites (tertiary alicyclic amines) is 2. The first-order chi connectivity index (χ1) is 11.6. The second kappa shape index (κ2) is 6.43. The van der Waals surface area contributed by atoms with Gasteiger partial charge >= 0.3 is 0 Å². The van der Waals surface area contributed by atoms with Crippen LogP contribution in [0.3, 0.4) is 0 Å². The monoisotopic (exact) mass is 348 g/mol. The van der Waals surface area contributed by atoms with Crippen molar-refractivity contribution in [2.24, 2.45) is 11.8 Å². The number of hydrogen-bond donors (Lipinski definition) is 0. The molecule has 1 atom stereocenters. The van der Waals surface area contributed by atoms with Crippen molar-refractivity contribution in [3.8, 4) is 0 Å². The molecule has 2 aliphatic heterocycles. The summed E-state index contributed by atoms with van der Waals surface area (Å²) in [4.78, 5) is 18.1. The van der Waals surface area contributed by atoms with Gasteiger partial charge in [-0.1, -0.05) is 0 Å². The van der Waals surface area contributed by atoms with Gasteiger partial charge in [0.15, 0.2) is 0 Å². The molecule has 0 N–H and O–H groups in total. The fourth-order valence-corrected chi connectivity index (χ4v) is 5.04. The summed E-state index contributed by atoms with van der Waals surface area (Å²) in [6.07, 6.45) is 5.11. The normalized spacial score (nSPS) is 26.6. The minimum absolute atomic E-state index is 0.187. The highest BCUT2D eigenvalue weighted by Crippen LogP contribution is 2.39. The summed E-state index contributed by atoms with van der Waals surface area (Å²) in [7, 11) is 2.22. The molecular formula is C19H28N2O2S. The standard InChI is InChI=1S/C19H28N2O2S/c1-14-6-8-24-17(14)18(22)21-12-19(13-21)9-16(5-7-20(19)2)11-23-10-15-3-4-15/h6,8,15-16H,3-5,7,9-13H2,1-2H3. The van der Waals surface area contributed by atoms with Crippen molar-refractivity contribution in [1.82, 2.24) is 9.80 Å². The zero-order valence-corrected chi connectivity index (χ0v) is 15.6. The third kappa shape index (κ3) is 3.14. The molecule has 1 aliphatic carbocycles. The Morgan fingerprint density at radius 1 is 1.29 bits per heavy atom. The topological polar surface area (TPSA) is 32.8 Å². The Morgan fingerprint density at radius 3 is 2.71 bits per heavy atom. The highest BCUT2D eigenvalue weighted by molar-refractivity contribution is 7.12. The average Bonchev–Trinajstić information content (AvgIpc) is 3.25. The van der Waals surface area contributed by atoms with Crippen LogP contribution in [0, 0.1) is 18.8 Å². The third-order valence-corrected chi connectivity index (χ3v) is 7.07. The van der Waals surface area contributed by atoms with Gasteiger partial charge in [0.25, 0.3) is 5.91 Å². The van der Waals surface area contributed by atoms with Crippen molar-refractivity contribution < 1.29 is 9.53 Å². The number of carbonyl (C=O) groups is 1. The van der Waals surface area contributed by atoms with Gasteiger partial charge < -0.3 is 9.64 Å². The van der Waals surface area contributed by atoms with Crippen molar-refractivity contribution >= 4 is 17.2 Å². The van der Waals surface area contributed by atoms with E-state index in [0.717, 1.165) is 49.2 Å². The Morgan fingerprint density at radius 2 is 2.04 bits per heavy atom. The number of amides is 1. The van der Waals surface area contributed by atoms with E-state index in [1.807, 2.05) is 23.3 Å². The largest absolute Gasteiger partial charge is 0.381 e. The molecule has 3 aliphatic rings. The van der Waals surface area contributed by atoms with Crippen LogP contribution in [0.5, 0.6) is 0 Å². The van der Waals surface area contributed by atoms with Gasteiger partial charge in [-0.2, -0.15) is 0 Å². The molecule has 5 heteroatoms. The van der Waals surface area contributed by atoms with Crippen molar-refractivity contribution in [2.75, 3.05) is 39.9 Å². The molecule has 3 heterocycles. The minimum atomic E-state index is 0.187. The smallest absolute Gasteiger partial charge is 0.264 e. The molecule has 1 spiro atoms. The van der Waals surface area contributed by atoms with Gasteiger partial charge in [-0.3, -0.25) is 9.69 Å². The molecule has 1 saturated carbocycles. The SMILES string of the molecule is Cc1ccsc1C(=O)N1CC2(CC(COCC3CC3)CCN2C)C1. The number of aryl methyl sites for hydroxylation is 1. The first kappa shape index (κ1) is 16.6. The van der Waals surface area contributed by atoms with Crippen molar-refractivity contribution in [3.05, 3.63) is 21.9 Å². The second-order valence-electron chi connectivity index (χ2n) is 8.08. The molecule has 4 rings (SSSR count). The Kier molecular flexibility index (Phi) is 4.43. The first-order valence-corrected chi connectivity index (χ1v) is 10.1. The molecular weight excluding hydrogens is 320 g/mol. The van der Waals surface area contributed by atoms with Crippen LogP contribution in [0.15, 0.2) is 11.4 Å². The van der Waals surface area contributed by atoms with Crippen molar-refractivity contribution in [2.45, 2.75) is 38.1 Å². The molecule has 2 saturated heterocycles. The molecule has 0 radical (unpaired) electrons. The van der Waals surface area contributed by atoms with E-state index >= 15 is 0 Å². The van der Waals surface area contributed by atoms with Crippen LogP contribution in [0.2, 0.25) is 0 Å². The van der Waals surface area contributed by atoms with Crippen molar-refractivity contribution in [1.29, 1.82) is 0 Å². The maximum Gasteiger partial charge on any atom is 0.264 e. The summed E-state index contributed by atoms with van der Waals surface area (Å²) >= 11 is 1.57. The fraction of sp³-hybridized carbons (Fsp3) is 0.737. The lowest BCUT2D eigenvalue weighted by Gasteiger charge is -2.58. The van der Waals surface area contributed by atoms with Crippen LogP contribution in [0.1, 0.15) is 40.9 Å². The van der Waals surface area contributed by atoms with Crippen LogP contribution in [-0.4, -0.2) is 61.1 Å². The second-order valence-corrected chi connectivity index (χ2v) is 9.00. The maximum absolute atomic E-state index is 12.7. The lowest BCUT2D eigenvalue weighted by atomic mass is 9.75. The molecule has 1 unspecified atom stereocenters. The Bertz CT molecular complexity index is 604. The predicted octanol–water partition coefficient (Wildman–Crippen LogP) is 3.02. The van der Waals surface area contributed by atoms with Gasteiger partial charge in [-0.25, -0.2) is 0 Å². The Hall–Kier alpha value is -0.910. The van der Waals surface area contributed by atoms with Crippen molar-refractivity contribution in [3.63, 3.8) is 0 Å². The molecule has 24 heavy (non-hydrogen) atoms. The molecule has 132 valence electrons. The van der Waals surface area contributed by atoms with Gasteiger partial charge in [-0.05, 0) is 75.0 Å². The number of nitrogens with zero attached hydrogens (tertiary/aromatic N) is 2. The molecule has 0 bridgehead atoms. The van der Waals surface area contributed by atoms with E-state index in [-0.39, 0.29) is 11.4 Å². The number of rotatable bonds is 5. The van der Waals surface area contributed by atoms with Gasteiger partial charge in [0.05, 0.1) is 10.4 Å². The quantitative estimate of drug-likeness (QED) is 0.820. The number of thiophene rings is 1. The highest BCUT2D eigenvalue weighted by atomic mass is 32.1. The lowest BCUT2D eigenvalue weighted by molar-refractivity contribution is -0.0760. The summed E-state index contributed by atoms with van der Waals surface area (Å²) in [5.74, 6) is 1.71. The molecule has 0 aromatic carbocycles. The highest BCUT2D eigenvalue weighted by Gasteiger charge is 2.51. The zero-order chi connectivity index (χ0) is 16.7. The lowest BCUT2D eigenvalue weighted by Crippen LogP contribution is -2.72. The zero-order valence-electron chi connectivity index (χ0n) is 14.8. The third-order valence-electron chi connectivity index (χ3n) is 6.07. The van der Waals surface area contributed by atoms with Crippen LogP contribution in [-0.2, 0) is 4.74 Å². The van der Waals surface area contributed by atoms with E-state index < -0.39 is 0 Å². The van der Waals surface area contributed by atoms with Gasteiger partial charge in [0, 0.05) is 26.3 Å². The van der Waals surface area contributed by atoms with Crippen LogP contribution in [0.25, 0.3) is 0 Å². The van der Waals surface area contributed by atoms with Gasteiger partial charge in [-0.15, -0.1) is 11.3 Å². The van der Waals surface area contributed by atoms with E-state index in [1.54, 1.807) is 11.3 Å². The van der Waals surface area contributed by atoms with E-state index in [0.29, 0.717) is 5.92 Å². The molecule has 3 fully saturated rings. The summed E-state index contributed by atoms with van der Waals surface area (Å²) in [5.41, 5.74) is 1.29. The Labute approximate surface area is 148 Å². The van der Waals surface area contributed by atoms with E-state index in [2.05, 4.69) is 11.9 Å². The summed E-state index contributed by atoms with van der Waals surface area (Å²) in [6, 6.07) is 2.04. The minimum Gasteiger partial charge on any atom is -0.381 e. The summed E-state index contributed by atoms with van der Waals surface area (Å²) < 4.78 is 5.95. The van der Waals surface area contributed by atoms with Gasteiger partial charge in [0.1, 0.15) is 0 Å². The van der Waals surface area contributed by atoms with E-state index in [9.17, 15) is 4.79 Å².